The number of nitrogens with one attached hydrogen (secondary N) is 1. The number of amides is 2. The SMILES string of the molecule is CC(C)(C)OC(=O)N1CCCC1CNc1ccc2ncc(-c3ccc(C(N)=O)cc3)n2n1. The molecule has 3 aromatic rings. The van der Waals surface area contributed by atoms with Gasteiger partial charge in [0.1, 0.15) is 11.4 Å². The number of carbonyl (C=O) groups is 2. The van der Waals surface area contributed by atoms with Gasteiger partial charge in [0.25, 0.3) is 0 Å². The van der Waals surface area contributed by atoms with E-state index in [2.05, 4.69) is 15.4 Å². The molecule has 3 N–H and O–H groups in total. The number of likely N-dealkylation sites (tertiary alicyclic amines) is 1. The second kappa shape index (κ2) is 8.49. The van der Waals surface area contributed by atoms with Crippen LogP contribution in [0.2, 0.25) is 0 Å². The first-order valence-corrected chi connectivity index (χ1v) is 10.7. The normalized spacial score (nSPS) is 16.3. The summed E-state index contributed by atoms with van der Waals surface area (Å²) in [6.45, 7) is 6.89. The highest BCUT2D eigenvalue weighted by Gasteiger charge is 2.32. The van der Waals surface area contributed by atoms with Crippen LogP contribution in [0.3, 0.4) is 0 Å². The van der Waals surface area contributed by atoms with Gasteiger partial charge in [0.05, 0.1) is 17.9 Å². The third kappa shape index (κ3) is 4.66. The molecule has 0 radical (unpaired) electrons. The van der Waals surface area contributed by atoms with E-state index in [1.165, 1.54) is 0 Å². The number of rotatable bonds is 5. The van der Waals surface area contributed by atoms with Gasteiger partial charge in [-0.3, -0.25) is 4.79 Å². The van der Waals surface area contributed by atoms with Crippen LogP contribution >= 0.6 is 0 Å². The van der Waals surface area contributed by atoms with E-state index in [1.807, 2.05) is 45.0 Å². The first-order valence-electron chi connectivity index (χ1n) is 10.7. The highest BCUT2D eigenvalue weighted by Crippen LogP contribution is 2.23. The number of primary amides is 1. The smallest absolute Gasteiger partial charge is 0.410 e. The largest absolute Gasteiger partial charge is 0.444 e. The Morgan fingerprint density at radius 3 is 2.62 bits per heavy atom. The molecule has 1 aliphatic heterocycles. The average Bonchev–Trinajstić information content (AvgIpc) is 3.38. The molecule has 0 spiro atoms. The van der Waals surface area contributed by atoms with Crippen molar-refractivity contribution in [3.63, 3.8) is 0 Å². The predicted octanol–water partition coefficient (Wildman–Crippen LogP) is 3.31. The maximum Gasteiger partial charge on any atom is 0.410 e. The van der Waals surface area contributed by atoms with Crippen LogP contribution in [0.4, 0.5) is 10.6 Å². The van der Waals surface area contributed by atoms with E-state index >= 15 is 0 Å². The van der Waals surface area contributed by atoms with Gasteiger partial charge in [0.15, 0.2) is 5.65 Å². The number of nitrogens with zero attached hydrogens (tertiary/aromatic N) is 4. The Morgan fingerprint density at radius 2 is 1.94 bits per heavy atom. The number of nitrogens with two attached hydrogens (primary N) is 1. The number of anilines is 1. The Labute approximate surface area is 186 Å². The minimum Gasteiger partial charge on any atom is -0.444 e. The molecule has 1 unspecified atom stereocenters. The van der Waals surface area contributed by atoms with Gasteiger partial charge in [-0.25, -0.2) is 14.3 Å². The minimum absolute atomic E-state index is 0.0472. The second-order valence-corrected chi connectivity index (χ2v) is 8.92. The lowest BCUT2D eigenvalue weighted by molar-refractivity contribution is 0.0235. The number of ether oxygens (including phenoxy) is 1. The molecular formula is C23H28N6O3. The number of benzene rings is 1. The quantitative estimate of drug-likeness (QED) is 0.634. The molecule has 32 heavy (non-hydrogen) atoms. The fourth-order valence-electron chi connectivity index (χ4n) is 3.80. The molecule has 2 amide bonds. The molecule has 1 aromatic carbocycles. The molecule has 0 saturated carbocycles. The number of hydrogen-bond donors (Lipinski definition) is 2. The number of imidazole rings is 1. The van der Waals surface area contributed by atoms with E-state index in [0.717, 1.165) is 24.1 Å². The summed E-state index contributed by atoms with van der Waals surface area (Å²) in [5.41, 5.74) is 7.64. The summed E-state index contributed by atoms with van der Waals surface area (Å²) in [6, 6.07) is 10.8. The van der Waals surface area contributed by atoms with Crippen LogP contribution in [0.25, 0.3) is 16.9 Å². The lowest BCUT2D eigenvalue weighted by Gasteiger charge is -2.28. The molecule has 9 nitrogen and oxygen atoms in total. The van der Waals surface area contributed by atoms with E-state index in [4.69, 9.17) is 10.5 Å². The topological polar surface area (TPSA) is 115 Å². The standard InChI is InChI=1S/C23H28N6O3/c1-23(2,3)32-22(31)28-12-4-5-17(28)13-25-19-10-11-20-26-14-18(29(20)27-19)15-6-8-16(9-7-15)21(24)30/h6-11,14,17H,4-5,12-13H2,1-3H3,(H2,24,30)(H,25,27). The molecule has 1 fully saturated rings. The molecule has 4 rings (SSSR count). The van der Waals surface area contributed by atoms with Crippen molar-refractivity contribution in [1.82, 2.24) is 19.5 Å². The zero-order valence-corrected chi connectivity index (χ0v) is 18.5. The van der Waals surface area contributed by atoms with Crippen LogP contribution in [0.15, 0.2) is 42.6 Å². The van der Waals surface area contributed by atoms with Gasteiger partial charge in [0.2, 0.25) is 5.91 Å². The second-order valence-electron chi connectivity index (χ2n) is 8.92. The molecule has 2 aromatic heterocycles. The molecule has 9 heteroatoms. The summed E-state index contributed by atoms with van der Waals surface area (Å²) in [7, 11) is 0. The van der Waals surface area contributed by atoms with Gasteiger partial charge in [-0.05, 0) is 57.9 Å². The van der Waals surface area contributed by atoms with Crippen LogP contribution in [0.5, 0.6) is 0 Å². The van der Waals surface area contributed by atoms with Crippen LogP contribution in [-0.4, -0.2) is 56.2 Å². The maximum absolute atomic E-state index is 12.5. The zero-order chi connectivity index (χ0) is 22.9. The summed E-state index contributed by atoms with van der Waals surface area (Å²) in [6.07, 6.45) is 3.33. The highest BCUT2D eigenvalue weighted by molar-refractivity contribution is 5.93. The van der Waals surface area contributed by atoms with Crippen molar-refractivity contribution in [1.29, 1.82) is 0 Å². The van der Waals surface area contributed by atoms with Crippen LogP contribution in [-0.2, 0) is 4.74 Å². The summed E-state index contributed by atoms with van der Waals surface area (Å²) in [5.74, 6) is 0.216. The molecule has 1 aliphatic rings. The van der Waals surface area contributed by atoms with Crippen LogP contribution in [0.1, 0.15) is 44.0 Å². The summed E-state index contributed by atoms with van der Waals surface area (Å²) in [5, 5.41) is 8.02. The van der Waals surface area contributed by atoms with Gasteiger partial charge in [-0.2, -0.15) is 0 Å². The summed E-state index contributed by atoms with van der Waals surface area (Å²) >= 11 is 0. The van der Waals surface area contributed by atoms with Crippen molar-refractivity contribution >= 4 is 23.5 Å². The Balaban J connectivity index is 1.49. The maximum atomic E-state index is 12.5. The number of hydrogen-bond acceptors (Lipinski definition) is 6. The molecular weight excluding hydrogens is 408 g/mol. The molecule has 0 bridgehead atoms. The van der Waals surface area contributed by atoms with E-state index in [9.17, 15) is 9.59 Å². The lowest BCUT2D eigenvalue weighted by Crippen LogP contribution is -2.42. The van der Waals surface area contributed by atoms with E-state index in [0.29, 0.717) is 30.1 Å². The number of fused-ring (bicyclic) bond motifs is 1. The van der Waals surface area contributed by atoms with Crippen molar-refractivity contribution in [3.05, 3.63) is 48.2 Å². The van der Waals surface area contributed by atoms with Gasteiger partial charge >= 0.3 is 6.09 Å². The van der Waals surface area contributed by atoms with Crippen molar-refractivity contribution < 1.29 is 14.3 Å². The number of aromatic nitrogens is 3. The molecule has 1 saturated heterocycles. The minimum atomic E-state index is -0.516. The Bertz CT molecular complexity index is 1130. The first kappa shape index (κ1) is 21.6. The van der Waals surface area contributed by atoms with Crippen LogP contribution in [0, 0.1) is 0 Å². The van der Waals surface area contributed by atoms with Crippen LogP contribution < -0.4 is 11.1 Å². The Morgan fingerprint density at radius 1 is 1.19 bits per heavy atom. The fourth-order valence-corrected chi connectivity index (χ4v) is 3.80. The van der Waals surface area contributed by atoms with Crippen molar-refractivity contribution in [2.75, 3.05) is 18.4 Å². The Kier molecular flexibility index (Phi) is 5.73. The van der Waals surface area contributed by atoms with Gasteiger partial charge < -0.3 is 20.7 Å². The fraction of sp³-hybridized carbons (Fsp3) is 0.391. The van der Waals surface area contributed by atoms with Crippen molar-refractivity contribution in [2.45, 2.75) is 45.3 Å². The van der Waals surface area contributed by atoms with E-state index in [1.54, 1.807) is 27.7 Å². The Hall–Kier alpha value is -3.62. The van der Waals surface area contributed by atoms with Crippen molar-refractivity contribution in [2.24, 2.45) is 5.73 Å². The number of carbonyl (C=O) groups excluding carboxylic acids is 2. The molecule has 3 heterocycles. The van der Waals surface area contributed by atoms with Gasteiger partial charge in [-0.15, -0.1) is 5.10 Å². The zero-order valence-electron chi connectivity index (χ0n) is 18.5. The van der Waals surface area contributed by atoms with E-state index in [-0.39, 0.29) is 12.1 Å². The lowest BCUT2D eigenvalue weighted by atomic mass is 10.1. The molecule has 1 atom stereocenters. The average molecular weight is 437 g/mol. The van der Waals surface area contributed by atoms with Gasteiger partial charge in [-0.1, -0.05) is 12.1 Å². The molecule has 168 valence electrons. The predicted molar refractivity (Wildman–Crippen MR) is 121 cm³/mol. The van der Waals surface area contributed by atoms with Crippen molar-refractivity contribution in [3.8, 4) is 11.3 Å². The van der Waals surface area contributed by atoms with Gasteiger partial charge in [0, 0.05) is 24.2 Å². The third-order valence-electron chi connectivity index (χ3n) is 5.35. The highest BCUT2D eigenvalue weighted by atomic mass is 16.6. The van der Waals surface area contributed by atoms with E-state index < -0.39 is 11.5 Å². The summed E-state index contributed by atoms with van der Waals surface area (Å²) < 4.78 is 7.29. The molecule has 0 aliphatic carbocycles. The monoisotopic (exact) mass is 436 g/mol. The first-order chi connectivity index (χ1) is 15.2. The third-order valence-corrected chi connectivity index (χ3v) is 5.35. The summed E-state index contributed by atoms with van der Waals surface area (Å²) in [4.78, 5) is 30.0.